The summed E-state index contributed by atoms with van der Waals surface area (Å²) in [6.07, 6.45) is 2.04. The second kappa shape index (κ2) is 13.4. The number of carbonyl (C=O) groups is 3. The van der Waals surface area contributed by atoms with Gasteiger partial charge in [-0.15, -0.1) is 10.1 Å². The van der Waals surface area contributed by atoms with Gasteiger partial charge < -0.3 is 20.6 Å². The Hall–Kier alpha value is -1.88. The Bertz CT molecular complexity index is 462. The number of nitrogens with two attached hydrogens (primary N) is 1. The van der Waals surface area contributed by atoms with E-state index in [4.69, 9.17) is 10.5 Å². The molecule has 0 aromatic rings. The van der Waals surface area contributed by atoms with Crippen LogP contribution in [0.2, 0.25) is 0 Å². The number of unbranched alkanes of at least 4 members (excludes halogenated alkanes) is 1. The molecule has 1 amide bonds. The Balaban J connectivity index is 4.26. The van der Waals surface area contributed by atoms with E-state index >= 15 is 0 Å². The Morgan fingerprint density at radius 3 is 2.48 bits per heavy atom. The van der Waals surface area contributed by atoms with Crippen LogP contribution in [0.15, 0.2) is 0 Å². The molecule has 0 aliphatic heterocycles. The summed E-state index contributed by atoms with van der Waals surface area (Å²) in [7, 11) is 0. The molecule has 0 saturated heterocycles. The molecule has 10 nitrogen and oxygen atoms in total. The van der Waals surface area contributed by atoms with E-state index < -0.39 is 29.0 Å². The molecule has 25 heavy (non-hydrogen) atoms. The lowest BCUT2D eigenvalue weighted by Gasteiger charge is -2.17. The van der Waals surface area contributed by atoms with Gasteiger partial charge in [0.1, 0.15) is 6.04 Å². The SMILES string of the molecule is CCCC(N)C(=O)SC[C@H](NC(C)=O)C(=O)OCCCCO[N+](=O)[O-]. The summed E-state index contributed by atoms with van der Waals surface area (Å²) in [5.74, 6) is -1.07. The summed E-state index contributed by atoms with van der Waals surface area (Å²) >= 11 is 0.879. The van der Waals surface area contributed by atoms with Crippen LogP contribution in [-0.2, 0) is 24.0 Å². The molecular weight excluding hydrogens is 354 g/mol. The Morgan fingerprint density at radius 1 is 1.28 bits per heavy atom. The van der Waals surface area contributed by atoms with E-state index in [0.717, 1.165) is 18.2 Å². The molecule has 1 unspecified atom stereocenters. The standard InChI is InChI=1S/C14H25N3O7S/c1-3-6-11(15)14(20)25-9-12(16-10(2)18)13(19)23-7-4-5-8-24-17(21)22/h11-12H,3-9,15H2,1-2H3,(H,16,18)/t11?,12-/m0/s1. The van der Waals surface area contributed by atoms with Gasteiger partial charge in [-0.1, -0.05) is 25.1 Å². The Morgan fingerprint density at radius 2 is 1.92 bits per heavy atom. The minimum absolute atomic E-state index is 0.0269. The van der Waals surface area contributed by atoms with E-state index in [1.807, 2.05) is 6.92 Å². The smallest absolute Gasteiger partial charge is 0.329 e. The normalized spacial score (nSPS) is 12.8. The minimum atomic E-state index is -0.963. The van der Waals surface area contributed by atoms with Crippen molar-refractivity contribution in [3.8, 4) is 0 Å². The minimum Gasteiger partial charge on any atom is -0.464 e. The second-order valence-corrected chi connectivity index (χ2v) is 6.23. The van der Waals surface area contributed by atoms with Crippen LogP contribution < -0.4 is 11.1 Å². The highest BCUT2D eigenvalue weighted by Gasteiger charge is 2.24. The molecule has 0 aliphatic rings. The lowest BCUT2D eigenvalue weighted by molar-refractivity contribution is -0.757. The molecule has 0 aromatic heterocycles. The van der Waals surface area contributed by atoms with E-state index in [0.29, 0.717) is 19.3 Å². The number of rotatable bonds is 13. The molecule has 0 radical (unpaired) electrons. The van der Waals surface area contributed by atoms with Gasteiger partial charge in [0.05, 0.1) is 19.3 Å². The zero-order valence-electron chi connectivity index (χ0n) is 14.4. The zero-order valence-corrected chi connectivity index (χ0v) is 15.2. The molecule has 2 atom stereocenters. The number of thioether (sulfide) groups is 1. The van der Waals surface area contributed by atoms with Gasteiger partial charge in [-0.2, -0.15) is 0 Å². The van der Waals surface area contributed by atoms with Crippen molar-refractivity contribution in [3.05, 3.63) is 10.1 Å². The van der Waals surface area contributed by atoms with E-state index in [1.165, 1.54) is 6.92 Å². The van der Waals surface area contributed by atoms with Gasteiger partial charge in [-0.05, 0) is 19.3 Å². The van der Waals surface area contributed by atoms with Crippen LogP contribution in [0.5, 0.6) is 0 Å². The third-order valence-corrected chi connectivity index (χ3v) is 4.02. The summed E-state index contributed by atoms with van der Waals surface area (Å²) in [5, 5.41) is 11.3. The number of ether oxygens (including phenoxy) is 1. The number of hydrogen-bond donors (Lipinski definition) is 2. The number of hydrogen-bond acceptors (Lipinski definition) is 9. The Kier molecular flexibility index (Phi) is 12.4. The van der Waals surface area contributed by atoms with Crippen molar-refractivity contribution in [2.45, 2.75) is 51.6 Å². The van der Waals surface area contributed by atoms with Gasteiger partial charge in [0.25, 0.3) is 5.09 Å². The highest BCUT2D eigenvalue weighted by atomic mass is 32.2. The van der Waals surface area contributed by atoms with Crippen LogP contribution in [0.4, 0.5) is 0 Å². The second-order valence-electron chi connectivity index (χ2n) is 5.21. The van der Waals surface area contributed by atoms with Crippen LogP contribution in [0.1, 0.15) is 39.5 Å². The summed E-state index contributed by atoms with van der Waals surface area (Å²) in [6, 6.07) is -1.57. The molecule has 0 spiro atoms. The maximum Gasteiger partial charge on any atom is 0.329 e. The maximum atomic E-state index is 12.0. The van der Waals surface area contributed by atoms with Crippen molar-refractivity contribution in [1.29, 1.82) is 0 Å². The Labute approximate surface area is 150 Å². The van der Waals surface area contributed by atoms with E-state index in [9.17, 15) is 24.5 Å². The molecule has 0 saturated carbocycles. The number of nitrogens with one attached hydrogen (secondary N) is 1. The van der Waals surface area contributed by atoms with Crippen LogP contribution in [0.25, 0.3) is 0 Å². The van der Waals surface area contributed by atoms with Gasteiger partial charge >= 0.3 is 5.97 Å². The quantitative estimate of drug-likeness (QED) is 0.201. The average molecular weight is 379 g/mol. The van der Waals surface area contributed by atoms with Crippen molar-refractivity contribution < 1.29 is 29.0 Å². The first-order valence-corrected chi connectivity index (χ1v) is 8.89. The van der Waals surface area contributed by atoms with Crippen molar-refractivity contribution in [3.63, 3.8) is 0 Å². The van der Waals surface area contributed by atoms with Crippen LogP contribution in [-0.4, -0.2) is 53.1 Å². The van der Waals surface area contributed by atoms with Crippen LogP contribution >= 0.6 is 11.8 Å². The topological polar surface area (TPSA) is 151 Å². The zero-order chi connectivity index (χ0) is 19.2. The average Bonchev–Trinajstić information content (AvgIpc) is 2.53. The summed E-state index contributed by atoms with van der Waals surface area (Å²) in [6.45, 7) is 3.11. The summed E-state index contributed by atoms with van der Waals surface area (Å²) < 4.78 is 5.02. The molecule has 0 heterocycles. The fourth-order valence-corrected chi connectivity index (χ4v) is 2.61. The molecule has 0 fully saturated rings. The first kappa shape index (κ1) is 23.1. The fourth-order valence-electron chi connectivity index (χ4n) is 1.73. The number of nitrogens with zero attached hydrogens (tertiary/aromatic N) is 1. The van der Waals surface area contributed by atoms with Crippen molar-refractivity contribution in [1.82, 2.24) is 5.32 Å². The van der Waals surface area contributed by atoms with Crippen molar-refractivity contribution >= 4 is 28.8 Å². The van der Waals surface area contributed by atoms with Crippen LogP contribution in [0.3, 0.4) is 0 Å². The van der Waals surface area contributed by atoms with Gasteiger partial charge in [0.15, 0.2) is 0 Å². The summed E-state index contributed by atoms with van der Waals surface area (Å²) in [5.41, 5.74) is 5.71. The molecule has 144 valence electrons. The van der Waals surface area contributed by atoms with E-state index in [2.05, 4.69) is 10.2 Å². The van der Waals surface area contributed by atoms with Gasteiger partial charge in [0, 0.05) is 12.7 Å². The fraction of sp³-hybridized carbons (Fsp3) is 0.786. The number of amides is 1. The van der Waals surface area contributed by atoms with Gasteiger partial charge in [-0.3, -0.25) is 9.59 Å². The molecule has 0 rings (SSSR count). The molecule has 0 aliphatic carbocycles. The highest BCUT2D eigenvalue weighted by molar-refractivity contribution is 8.13. The van der Waals surface area contributed by atoms with Crippen molar-refractivity contribution in [2.75, 3.05) is 19.0 Å². The van der Waals surface area contributed by atoms with Gasteiger partial charge in [-0.25, -0.2) is 4.79 Å². The first-order chi connectivity index (χ1) is 11.8. The van der Waals surface area contributed by atoms with Gasteiger partial charge in [0.2, 0.25) is 11.0 Å². The third-order valence-electron chi connectivity index (χ3n) is 2.94. The maximum absolute atomic E-state index is 12.0. The first-order valence-electron chi connectivity index (χ1n) is 7.91. The van der Waals surface area contributed by atoms with Crippen LogP contribution in [0, 0.1) is 10.1 Å². The largest absolute Gasteiger partial charge is 0.464 e. The van der Waals surface area contributed by atoms with Crippen molar-refractivity contribution in [2.24, 2.45) is 5.73 Å². The predicted molar refractivity (Wildman–Crippen MR) is 91.1 cm³/mol. The highest BCUT2D eigenvalue weighted by Crippen LogP contribution is 2.11. The lowest BCUT2D eigenvalue weighted by atomic mass is 10.2. The predicted octanol–water partition coefficient (Wildman–Crippen LogP) is 0.410. The summed E-state index contributed by atoms with van der Waals surface area (Å²) in [4.78, 5) is 49.1. The molecule has 0 bridgehead atoms. The lowest BCUT2D eigenvalue weighted by Crippen LogP contribution is -2.43. The third kappa shape index (κ3) is 12.2. The molecule has 3 N–H and O–H groups in total. The molecular formula is C14H25N3O7S. The number of carbonyl (C=O) groups excluding carboxylic acids is 3. The molecule has 11 heteroatoms. The van der Waals surface area contributed by atoms with E-state index in [-0.39, 0.29) is 24.1 Å². The number of esters is 1. The monoisotopic (exact) mass is 379 g/mol. The molecule has 0 aromatic carbocycles. The van der Waals surface area contributed by atoms with E-state index in [1.54, 1.807) is 0 Å².